The van der Waals surface area contributed by atoms with Crippen molar-refractivity contribution in [3.05, 3.63) is 53.5 Å². The number of hydrogen-bond acceptors (Lipinski definition) is 2. The quantitative estimate of drug-likeness (QED) is 0.840. The number of anilines is 1. The Hall–Kier alpha value is -1.70. The third kappa shape index (κ3) is 2.27. The van der Waals surface area contributed by atoms with Gasteiger partial charge in [-0.15, -0.1) is 0 Å². The molecule has 0 fully saturated rings. The molecule has 0 unspecified atom stereocenters. The SMILES string of the molecule is CCc1cccc(C)c1NCc1ccco1. The highest BCUT2D eigenvalue weighted by Gasteiger charge is 2.04. The van der Waals surface area contributed by atoms with Crippen LogP contribution in [0.25, 0.3) is 0 Å². The van der Waals surface area contributed by atoms with Gasteiger partial charge in [-0.2, -0.15) is 0 Å². The van der Waals surface area contributed by atoms with Gasteiger partial charge in [0.05, 0.1) is 12.8 Å². The first-order valence-electron chi connectivity index (χ1n) is 5.66. The highest BCUT2D eigenvalue weighted by atomic mass is 16.3. The molecule has 0 atom stereocenters. The minimum atomic E-state index is 0.741. The van der Waals surface area contributed by atoms with E-state index in [4.69, 9.17) is 4.42 Å². The Bertz CT molecular complexity index is 446. The summed E-state index contributed by atoms with van der Waals surface area (Å²) in [6.07, 6.45) is 2.75. The van der Waals surface area contributed by atoms with Crippen molar-refractivity contribution in [3.8, 4) is 0 Å². The third-order valence-corrected chi connectivity index (χ3v) is 2.76. The first-order chi connectivity index (χ1) is 7.81. The molecule has 0 aliphatic carbocycles. The topological polar surface area (TPSA) is 25.2 Å². The van der Waals surface area contributed by atoms with Crippen molar-refractivity contribution in [2.45, 2.75) is 26.8 Å². The van der Waals surface area contributed by atoms with E-state index in [0.29, 0.717) is 0 Å². The first-order valence-corrected chi connectivity index (χ1v) is 5.66. The fourth-order valence-corrected chi connectivity index (χ4v) is 1.86. The molecule has 1 aromatic carbocycles. The lowest BCUT2D eigenvalue weighted by molar-refractivity contribution is 0.518. The number of furan rings is 1. The van der Waals surface area contributed by atoms with E-state index in [2.05, 4.69) is 37.4 Å². The molecule has 1 aromatic heterocycles. The zero-order valence-corrected chi connectivity index (χ0v) is 9.79. The minimum Gasteiger partial charge on any atom is -0.467 e. The van der Waals surface area contributed by atoms with Crippen LogP contribution in [0.3, 0.4) is 0 Å². The van der Waals surface area contributed by atoms with Crippen molar-refractivity contribution >= 4 is 5.69 Å². The summed E-state index contributed by atoms with van der Waals surface area (Å²) in [7, 11) is 0. The smallest absolute Gasteiger partial charge is 0.122 e. The van der Waals surface area contributed by atoms with E-state index in [-0.39, 0.29) is 0 Å². The van der Waals surface area contributed by atoms with Crippen LogP contribution in [0, 0.1) is 6.92 Å². The molecule has 1 N–H and O–H groups in total. The zero-order chi connectivity index (χ0) is 11.4. The van der Waals surface area contributed by atoms with Gasteiger partial charge in [-0.1, -0.05) is 25.1 Å². The molecule has 0 amide bonds. The second-order valence-electron chi connectivity index (χ2n) is 3.90. The lowest BCUT2D eigenvalue weighted by Crippen LogP contribution is -2.03. The Kier molecular flexibility index (Phi) is 3.30. The molecular formula is C14H17NO. The van der Waals surface area contributed by atoms with Gasteiger partial charge in [0, 0.05) is 5.69 Å². The van der Waals surface area contributed by atoms with Crippen LogP contribution in [-0.4, -0.2) is 0 Å². The minimum absolute atomic E-state index is 0.741. The average molecular weight is 215 g/mol. The van der Waals surface area contributed by atoms with Crippen LogP contribution in [0.1, 0.15) is 23.8 Å². The van der Waals surface area contributed by atoms with Crippen LogP contribution in [0.5, 0.6) is 0 Å². The van der Waals surface area contributed by atoms with Gasteiger partial charge in [-0.3, -0.25) is 0 Å². The van der Waals surface area contributed by atoms with Crippen molar-refractivity contribution < 1.29 is 4.42 Å². The summed E-state index contributed by atoms with van der Waals surface area (Å²) < 4.78 is 5.31. The summed E-state index contributed by atoms with van der Waals surface area (Å²) in [5.74, 6) is 0.963. The monoisotopic (exact) mass is 215 g/mol. The summed E-state index contributed by atoms with van der Waals surface area (Å²) in [4.78, 5) is 0. The largest absolute Gasteiger partial charge is 0.467 e. The van der Waals surface area contributed by atoms with Crippen LogP contribution in [0.2, 0.25) is 0 Å². The van der Waals surface area contributed by atoms with Crippen molar-refractivity contribution in [1.29, 1.82) is 0 Å². The van der Waals surface area contributed by atoms with E-state index < -0.39 is 0 Å². The van der Waals surface area contributed by atoms with E-state index in [1.165, 1.54) is 16.8 Å². The Morgan fingerprint density at radius 2 is 2.06 bits per heavy atom. The maximum absolute atomic E-state index is 5.31. The van der Waals surface area contributed by atoms with Gasteiger partial charge in [-0.05, 0) is 36.6 Å². The van der Waals surface area contributed by atoms with Gasteiger partial charge in [0.25, 0.3) is 0 Å². The van der Waals surface area contributed by atoms with E-state index in [0.717, 1.165) is 18.7 Å². The third-order valence-electron chi connectivity index (χ3n) is 2.76. The van der Waals surface area contributed by atoms with Crippen molar-refractivity contribution in [2.24, 2.45) is 0 Å². The van der Waals surface area contributed by atoms with Crippen LogP contribution in [-0.2, 0) is 13.0 Å². The van der Waals surface area contributed by atoms with Gasteiger partial charge in [-0.25, -0.2) is 0 Å². The number of benzene rings is 1. The molecule has 0 aliphatic rings. The molecule has 84 valence electrons. The van der Waals surface area contributed by atoms with Gasteiger partial charge in [0.2, 0.25) is 0 Å². The predicted octanol–water partition coefficient (Wildman–Crippen LogP) is 3.76. The number of rotatable bonds is 4. The molecule has 1 heterocycles. The Balaban J connectivity index is 2.14. The maximum Gasteiger partial charge on any atom is 0.122 e. The van der Waals surface area contributed by atoms with Crippen LogP contribution in [0.15, 0.2) is 41.0 Å². The Morgan fingerprint density at radius 1 is 1.19 bits per heavy atom. The molecule has 0 radical (unpaired) electrons. The molecule has 0 saturated heterocycles. The highest BCUT2D eigenvalue weighted by molar-refractivity contribution is 5.57. The van der Waals surface area contributed by atoms with E-state index in [1.54, 1.807) is 6.26 Å². The fraction of sp³-hybridized carbons (Fsp3) is 0.286. The molecule has 0 saturated carbocycles. The fourth-order valence-electron chi connectivity index (χ4n) is 1.86. The lowest BCUT2D eigenvalue weighted by Gasteiger charge is -2.12. The maximum atomic E-state index is 5.31. The normalized spacial score (nSPS) is 10.4. The van der Waals surface area contributed by atoms with E-state index in [1.807, 2.05) is 12.1 Å². The summed E-state index contributed by atoms with van der Waals surface area (Å²) in [6.45, 7) is 5.04. The molecular weight excluding hydrogens is 198 g/mol. The van der Waals surface area contributed by atoms with Crippen molar-refractivity contribution in [2.75, 3.05) is 5.32 Å². The van der Waals surface area contributed by atoms with Crippen molar-refractivity contribution in [1.82, 2.24) is 0 Å². The Morgan fingerprint density at radius 3 is 2.75 bits per heavy atom. The molecule has 0 spiro atoms. The lowest BCUT2D eigenvalue weighted by atomic mass is 10.1. The number of nitrogens with one attached hydrogen (secondary N) is 1. The zero-order valence-electron chi connectivity index (χ0n) is 9.79. The first kappa shape index (κ1) is 10.8. The second-order valence-corrected chi connectivity index (χ2v) is 3.90. The predicted molar refractivity (Wildman–Crippen MR) is 66.6 cm³/mol. The molecule has 2 aromatic rings. The number of para-hydroxylation sites is 1. The molecule has 0 bridgehead atoms. The summed E-state index contributed by atoms with van der Waals surface area (Å²) in [5, 5.41) is 3.44. The summed E-state index contributed by atoms with van der Waals surface area (Å²) >= 11 is 0. The van der Waals surface area contributed by atoms with Gasteiger partial charge >= 0.3 is 0 Å². The van der Waals surface area contributed by atoms with Crippen LogP contribution in [0.4, 0.5) is 5.69 Å². The van der Waals surface area contributed by atoms with E-state index in [9.17, 15) is 0 Å². The molecule has 0 aliphatic heterocycles. The summed E-state index contributed by atoms with van der Waals surface area (Å²) in [6, 6.07) is 10.3. The van der Waals surface area contributed by atoms with Gasteiger partial charge < -0.3 is 9.73 Å². The average Bonchev–Trinajstić information content (AvgIpc) is 2.80. The molecule has 2 nitrogen and oxygen atoms in total. The standard InChI is InChI=1S/C14H17NO/c1-3-12-7-4-6-11(2)14(12)15-10-13-8-5-9-16-13/h4-9,15H,3,10H2,1-2H3. The van der Waals surface area contributed by atoms with Gasteiger partial charge in [0.15, 0.2) is 0 Å². The van der Waals surface area contributed by atoms with Crippen molar-refractivity contribution in [3.63, 3.8) is 0 Å². The van der Waals surface area contributed by atoms with Crippen LogP contribution < -0.4 is 5.32 Å². The van der Waals surface area contributed by atoms with E-state index >= 15 is 0 Å². The van der Waals surface area contributed by atoms with Gasteiger partial charge in [0.1, 0.15) is 5.76 Å². The Labute approximate surface area is 96.3 Å². The second kappa shape index (κ2) is 4.88. The molecule has 2 rings (SSSR count). The van der Waals surface area contributed by atoms with Crippen LogP contribution >= 0.6 is 0 Å². The number of hydrogen-bond donors (Lipinski definition) is 1. The molecule has 2 heteroatoms. The summed E-state index contributed by atoms with van der Waals surface area (Å²) in [5.41, 5.74) is 3.87. The molecule has 16 heavy (non-hydrogen) atoms. The number of aryl methyl sites for hydroxylation is 2. The highest BCUT2D eigenvalue weighted by Crippen LogP contribution is 2.21.